The molecule has 7 nitrogen and oxygen atoms in total. The predicted octanol–water partition coefficient (Wildman–Crippen LogP) is 2.13. The predicted molar refractivity (Wildman–Crippen MR) is 97.2 cm³/mol. The van der Waals surface area contributed by atoms with E-state index in [-0.39, 0.29) is 18.0 Å². The van der Waals surface area contributed by atoms with E-state index in [1.807, 2.05) is 70.1 Å². The second kappa shape index (κ2) is 7.01. The number of hydrazine groups is 1. The largest absolute Gasteiger partial charge is 0.465 e. The topological polar surface area (TPSA) is 90.1 Å². The van der Waals surface area contributed by atoms with Gasteiger partial charge < -0.3 is 15.7 Å². The lowest BCUT2D eigenvalue weighted by Crippen LogP contribution is -2.53. The second-order valence-electron chi connectivity index (χ2n) is 7.56. The van der Waals surface area contributed by atoms with Gasteiger partial charge in [-0.2, -0.15) is 0 Å². The Labute approximate surface area is 149 Å². The van der Waals surface area contributed by atoms with Gasteiger partial charge in [0.1, 0.15) is 6.04 Å². The van der Waals surface area contributed by atoms with E-state index < -0.39 is 17.7 Å². The Morgan fingerprint density at radius 1 is 1.32 bits per heavy atom. The molecule has 1 saturated heterocycles. The molecule has 1 aromatic rings. The van der Waals surface area contributed by atoms with E-state index in [0.717, 1.165) is 5.69 Å². The molecule has 1 fully saturated rings. The van der Waals surface area contributed by atoms with E-state index in [9.17, 15) is 14.7 Å². The Morgan fingerprint density at radius 2 is 1.88 bits per heavy atom. The molecule has 1 aliphatic rings. The fourth-order valence-electron chi connectivity index (χ4n) is 3.61. The summed E-state index contributed by atoms with van der Waals surface area (Å²) in [4.78, 5) is 25.7. The SMILES string of the molecule is C[C@H](CC1C(N)C(=O)N(c2ccccc2)N1C)N(C(=O)O)C(C)(C)C. The minimum atomic E-state index is -0.972. The maximum atomic E-state index is 12.6. The number of carboxylic acid groups (broad SMARTS) is 1. The monoisotopic (exact) mass is 348 g/mol. The molecule has 2 rings (SSSR count). The molecule has 0 saturated carbocycles. The van der Waals surface area contributed by atoms with Gasteiger partial charge in [-0.3, -0.25) is 4.79 Å². The lowest BCUT2D eigenvalue weighted by Gasteiger charge is -2.40. The van der Waals surface area contributed by atoms with Crippen molar-refractivity contribution in [1.29, 1.82) is 0 Å². The molecule has 25 heavy (non-hydrogen) atoms. The van der Waals surface area contributed by atoms with Crippen LogP contribution in [0, 0.1) is 0 Å². The van der Waals surface area contributed by atoms with Gasteiger partial charge in [-0.05, 0) is 46.2 Å². The number of likely N-dealkylation sites (N-methyl/N-ethyl adjacent to an activating group) is 1. The highest BCUT2D eigenvalue weighted by molar-refractivity contribution is 5.99. The number of anilines is 1. The Morgan fingerprint density at radius 3 is 2.36 bits per heavy atom. The second-order valence-corrected chi connectivity index (χ2v) is 7.56. The van der Waals surface area contributed by atoms with Crippen molar-refractivity contribution < 1.29 is 14.7 Å². The Bertz CT molecular complexity index is 629. The number of rotatable bonds is 4. The number of para-hydroxylation sites is 1. The molecule has 1 heterocycles. The van der Waals surface area contributed by atoms with Crippen molar-refractivity contribution in [3.05, 3.63) is 30.3 Å². The van der Waals surface area contributed by atoms with Gasteiger partial charge in [0.05, 0.1) is 11.7 Å². The summed E-state index contributed by atoms with van der Waals surface area (Å²) in [5.41, 5.74) is 6.40. The van der Waals surface area contributed by atoms with E-state index in [1.165, 1.54) is 4.90 Å². The van der Waals surface area contributed by atoms with Crippen molar-refractivity contribution in [2.45, 2.75) is 57.8 Å². The van der Waals surface area contributed by atoms with Gasteiger partial charge in [-0.15, -0.1) is 0 Å². The minimum Gasteiger partial charge on any atom is -0.465 e. The van der Waals surface area contributed by atoms with Gasteiger partial charge in [0, 0.05) is 18.6 Å². The van der Waals surface area contributed by atoms with Crippen molar-refractivity contribution in [2.24, 2.45) is 5.73 Å². The third kappa shape index (κ3) is 3.77. The fraction of sp³-hybridized carbons (Fsp3) is 0.556. The van der Waals surface area contributed by atoms with Gasteiger partial charge >= 0.3 is 6.09 Å². The van der Waals surface area contributed by atoms with Crippen LogP contribution in [0.4, 0.5) is 10.5 Å². The molecule has 1 aliphatic heterocycles. The third-order valence-electron chi connectivity index (χ3n) is 4.66. The van der Waals surface area contributed by atoms with Gasteiger partial charge in [0.15, 0.2) is 0 Å². The van der Waals surface area contributed by atoms with Crippen molar-refractivity contribution in [2.75, 3.05) is 12.1 Å². The number of carbonyl (C=O) groups excluding carboxylic acids is 1. The molecular formula is C18H28N4O3. The quantitative estimate of drug-likeness (QED) is 0.870. The number of nitrogens with zero attached hydrogens (tertiary/aromatic N) is 3. The number of amides is 2. The van der Waals surface area contributed by atoms with Crippen molar-refractivity contribution in [3.63, 3.8) is 0 Å². The van der Waals surface area contributed by atoms with Crippen LogP contribution >= 0.6 is 0 Å². The van der Waals surface area contributed by atoms with Crippen LogP contribution < -0.4 is 10.7 Å². The first-order chi connectivity index (χ1) is 11.6. The van der Waals surface area contributed by atoms with E-state index >= 15 is 0 Å². The zero-order valence-electron chi connectivity index (χ0n) is 15.5. The lowest BCUT2D eigenvalue weighted by atomic mass is 9.97. The van der Waals surface area contributed by atoms with Gasteiger partial charge in [0.25, 0.3) is 5.91 Å². The molecule has 7 heteroatoms. The maximum absolute atomic E-state index is 12.6. The number of hydrogen-bond acceptors (Lipinski definition) is 4. The van der Waals surface area contributed by atoms with E-state index in [4.69, 9.17) is 5.73 Å². The van der Waals surface area contributed by atoms with Crippen LogP contribution in [0.3, 0.4) is 0 Å². The summed E-state index contributed by atoms with van der Waals surface area (Å²) < 4.78 is 0. The highest BCUT2D eigenvalue weighted by atomic mass is 16.4. The van der Waals surface area contributed by atoms with E-state index in [0.29, 0.717) is 6.42 Å². The van der Waals surface area contributed by atoms with Crippen LogP contribution in [0.15, 0.2) is 30.3 Å². The maximum Gasteiger partial charge on any atom is 0.407 e. The van der Waals surface area contributed by atoms with Crippen molar-refractivity contribution >= 4 is 17.7 Å². The van der Waals surface area contributed by atoms with Crippen LogP contribution in [0.1, 0.15) is 34.1 Å². The van der Waals surface area contributed by atoms with E-state index in [2.05, 4.69) is 0 Å². The van der Waals surface area contributed by atoms with E-state index in [1.54, 1.807) is 5.01 Å². The summed E-state index contributed by atoms with van der Waals surface area (Å²) in [5, 5.41) is 13.0. The Balaban J connectivity index is 2.22. The zero-order chi connectivity index (χ0) is 18.9. The molecule has 3 N–H and O–H groups in total. The number of carbonyl (C=O) groups is 2. The number of nitrogens with two attached hydrogens (primary N) is 1. The number of benzene rings is 1. The Kier molecular flexibility index (Phi) is 5.39. The fourth-order valence-corrected chi connectivity index (χ4v) is 3.61. The molecule has 0 bridgehead atoms. The van der Waals surface area contributed by atoms with Crippen LogP contribution in [0.25, 0.3) is 0 Å². The standard InChI is InChI=1S/C18H28N4O3/c1-12(21(17(24)25)18(2,3)4)11-14-15(19)16(23)22(20(14)5)13-9-7-6-8-10-13/h6-10,12,14-15H,11,19H2,1-5H3,(H,24,25)/t12-,14?,15?/m1/s1. The molecule has 2 amide bonds. The molecule has 0 spiro atoms. The molecule has 3 atom stereocenters. The van der Waals surface area contributed by atoms with Crippen molar-refractivity contribution in [3.8, 4) is 0 Å². The average Bonchev–Trinajstić information content (AvgIpc) is 2.70. The van der Waals surface area contributed by atoms with Gasteiger partial charge in [0.2, 0.25) is 0 Å². The first-order valence-electron chi connectivity index (χ1n) is 8.45. The normalized spacial score (nSPS) is 23.0. The lowest BCUT2D eigenvalue weighted by molar-refractivity contribution is -0.118. The summed E-state index contributed by atoms with van der Waals surface area (Å²) in [6.07, 6.45) is -0.503. The first-order valence-corrected chi connectivity index (χ1v) is 8.45. The van der Waals surface area contributed by atoms with Crippen LogP contribution in [-0.4, -0.2) is 57.7 Å². The smallest absolute Gasteiger partial charge is 0.407 e. The average molecular weight is 348 g/mol. The minimum absolute atomic E-state index is 0.177. The highest BCUT2D eigenvalue weighted by Crippen LogP contribution is 2.29. The third-order valence-corrected chi connectivity index (χ3v) is 4.66. The van der Waals surface area contributed by atoms with Crippen LogP contribution in [0.5, 0.6) is 0 Å². The molecule has 1 aromatic carbocycles. The zero-order valence-corrected chi connectivity index (χ0v) is 15.5. The summed E-state index contributed by atoms with van der Waals surface area (Å²) in [6.45, 7) is 7.43. The molecule has 0 aromatic heterocycles. The van der Waals surface area contributed by atoms with Gasteiger partial charge in [-0.1, -0.05) is 18.2 Å². The summed E-state index contributed by atoms with van der Waals surface area (Å²) >= 11 is 0. The highest BCUT2D eigenvalue weighted by Gasteiger charge is 2.45. The Hall–Kier alpha value is -2.12. The van der Waals surface area contributed by atoms with Crippen LogP contribution in [-0.2, 0) is 4.79 Å². The molecule has 138 valence electrons. The number of hydrogen-bond donors (Lipinski definition) is 2. The molecule has 2 unspecified atom stereocenters. The van der Waals surface area contributed by atoms with Crippen molar-refractivity contribution in [1.82, 2.24) is 9.91 Å². The van der Waals surface area contributed by atoms with Gasteiger partial charge in [-0.25, -0.2) is 14.8 Å². The summed E-state index contributed by atoms with van der Waals surface area (Å²) in [7, 11) is 1.82. The molecule has 0 aliphatic carbocycles. The summed E-state index contributed by atoms with van der Waals surface area (Å²) in [5.74, 6) is -0.177. The van der Waals surface area contributed by atoms with Crippen LogP contribution in [0.2, 0.25) is 0 Å². The first kappa shape index (κ1) is 19.2. The molecule has 0 radical (unpaired) electrons. The molecular weight excluding hydrogens is 320 g/mol. The summed E-state index contributed by atoms with van der Waals surface area (Å²) in [6, 6.07) is 8.08.